The van der Waals surface area contributed by atoms with Crippen LogP contribution in [0.5, 0.6) is 5.75 Å². The van der Waals surface area contributed by atoms with Crippen LogP contribution in [0.3, 0.4) is 0 Å². The molecule has 2 amide bonds. The number of benzene rings is 2. The van der Waals surface area contributed by atoms with Crippen LogP contribution in [0.25, 0.3) is 0 Å². The van der Waals surface area contributed by atoms with Gasteiger partial charge in [-0.15, -0.1) is 0 Å². The molecule has 0 bridgehead atoms. The minimum Gasteiger partial charge on any atom is -0.484 e. The number of likely N-dealkylation sites (tertiary alicyclic amines) is 1. The summed E-state index contributed by atoms with van der Waals surface area (Å²) in [4.78, 5) is 26.2. The number of hydrogen-bond acceptors (Lipinski definition) is 3. The van der Waals surface area contributed by atoms with Gasteiger partial charge in [-0.05, 0) is 61.4 Å². The SMILES string of the molecule is O=C(NC1CCN(C(=O)COc2ccc(Cl)cc2)CC1)c1ccc(F)cc1. The van der Waals surface area contributed by atoms with Gasteiger partial charge in [0.25, 0.3) is 11.8 Å². The number of nitrogens with one attached hydrogen (secondary N) is 1. The maximum absolute atomic E-state index is 12.9. The molecule has 1 aliphatic heterocycles. The molecule has 7 heteroatoms. The molecule has 1 N–H and O–H groups in total. The number of piperidine rings is 1. The number of nitrogens with zero attached hydrogens (tertiary/aromatic N) is 1. The minimum atomic E-state index is -0.376. The summed E-state index contributed by atoms with van der Waals surface area (Å²) < 4.78 is 18.4. The molecule has 0 radical (unpaired) electrons. The zero-order chi connectivity index (χ0) is 19.2. The van der Waals surface area contributed by atoms with E-state index in [9.17, 15) is 14.0 Å². The van der Waals surface area contributed by atoms with Crippen LogP contribution in [0.4, 0.5) is 4.39 Å². The van der Waals surface area contributed by atoms with Gasteiger partial charge in [-0.25, -0.2) is 4.39 Å². The molecule has 2 aromatic carbocycles. The van der Waals surface area contributed by atoms with Crippen molar-refractivity contribution >= 4 is 23.4 Å². The first-order valence-electron chi connectivity index (χ1n) is 8.74. The maximum atomic E-state index is 12.9. The summed E-state index contributed by atoms with van der Waals surface area (Å²) in [6.45, 7) is 1.07. The summed E-state index contributed by atoms with van der Waals surface area (Å²) in [5.74, 6) is -0.104. The van der Waals surface area contributed by atoms with Crippen molar-refractivity contribution < 1.29 is 18.7 Å². The van der Waals surface area contributed by atoms with Gasteiger partial charge < -0.3 is 15.0 Å². The molecule has 0 unspecified atom stereocenters. The Morgan fingerprint density at radius 3 is 2.33 bits per heavy atom. The molecular weight excluding hydrogens is 371 g/mol. The van der Waals surface area contributed by atoms with Gasteiger partial charge in [0, 0.05) is 29.7 Å². The summed E-state index contributed by atoms with van der Waals surface area (Å²) in [5.41, 5.74) is 0.422. The summed E-state index contributed by atoms with van der Waals surface area (Å²) in [6, 6.07) is 12.3. The van der Waals surface area contributed by atoms with E-state index >= 15 is 0 Å². The van der Waals surface area contributed by atoms with Crippen molar-refractivity contribution in [2.45, 2.75) is 18.9 Å². The third-order valence-corrected chi connectivity index (χ3v) is 4.72. The quantitative estimate of drug-likeness (QED) is 0.852. The van der Waals surface area contributed by atoms with Crippen LogP contribution in [-0.2, 0) is 4.79 Å². The molecule has 0 spiro atoms. The lowest BCUT2D eigenvalue weighted by Crippen LogP contribution is -2.47. The zero-order valence-electron chi connectivity index (χ0n) is 14.7. The molecule has 1 fully saturated rings. The summed E-state index contributed by atoms with van der Waals surface area (Å²) in [6.07, 6.45) is 1.33. The second-order valence-corrected chi connectivity index (χ2v) is 6.81. The molecule has 1 heterocycles. The van der Waals surface area contributed by atoms with E-state index in [-0.39, 0.29) is 30.3 Å². The van der Waals surface area contributed by atoms with Crippen molar-refractivity contribution in [3.8, 4) is 5.75 Å². The smallest absolute Gasteiger partial charge is 0.260 e. The first-order chi connectivity index (χ1) is 13.0. The normalized spacial score (nSPS) is 14.7. The molecule has 0 atom stereocenters. The van der Waals surface area contributed by atoms with Crippen LogP contribution < -0.4 is 10.1 Å². The third kappa shape index (κ3) is 5.44. The molecule has 0 aliphatic carbocycles. The highest BCUT2D eigenvalue weighted by Gasteiger charge is 2.24. The second-order valence-electron chi connectivity index (χ2n) is 6.38. The van der Waals surface area contributed by atoms with Crippen LogP contribution in [0.15, 0.2) is 48.5 Å². The number of carbonyl (C=O) groups is 2. The fraction of sp³-hybridized carbons (Fsp3) is 0.300. The molecule has 0 saturated carbocycles. The summed E-state index contributed by atoms with van der Waals surface area (Å²) in [5, 5.41) is 3.54. The number of amides is 2. The highest BCUT2D eigenvalue weighted by atomic mass is 35.5. The van der Waals surface area contributed by atoms with Gasteiger partial charge in [-0.1, -0.05) is 11.6 Å². The van der Waals surface area contributed by atoms with Crippen molar-refractivity contribution in [3.05, 3.63) is 64.9 Å². The Morgan fingerprint density at radius 1 is 1.07 bits per heavy atom. The second kappa shape index (κ2) is 8.86. The number of ether oxygens (including phenoxy) is 1. The molecule has 3 rings (SSSR count). The van der Waals surface area contributed by atoms with E-state index in [1.165, 1.54) is 24.3 Å². The fourth-order valence-corrected chi connectivity index (χ4v) is 3.04. The summed E-state index contributed by atoms with van der Waals surface area (Å²) in [7, 11) is 0. The Bertz CT molecular complexity index is 788. The van der Waals surface area contributed by atoms with Crippen LogP contribution in [0, 0.1) is 5.82 Å². The predicted octanol–water partition coefficient (Wildman–Crippen LogP) is 3.28. The lowest BCUT2D eigenvalue weighted by atomic mass is 10.0. The maximum Gasteiger partial charge on any atom is 0.260 e. The average molecular weight is 391 g/mol. The first kappa shape index (κ1) is 19.2. The van der Waals surface area contributed by atoms with Gasteiger partial charge in [0.05, 0.1) is 0 Å². The van der Waals surface area contributed by atoms with Crippen molar-refractivity contribution in [1.82, 2.24) is 10.2 Å². The lowest BCUT2D eigenvalue weighted by Gasteiger charge is -2.32. The van der Waals surface area contributed by atoms with E-state index in [4.69, 9.17) is 16.3 Å². The van der Waals surface area contributed by atoms with E-state index in [1.807, 2.05) is 0 Å². The Balaban J connectivity index is 1.42. The standard InChI is InChI=1S/C20H20ClFN2O3/c21-15-3-7-18(8-4-15)27-13-19(25)24-11-9-17(10-12-24)23-20(26)14-1-5-16(22)6-2-14/h1-8,17H,9-13H2,(H,23,26). The Morgan fingerprint density at radius 2 is 1.70 bits per heavy atom. The number of hydrogen-bond donors (Lipinski definition) is 1. The molecule has 5 nitrogen and oxygen atoms in total. The van der Waals surface area contributed by atoms with Crippen LogP contribution in [0.2, 0.25) is 5.02 Å². The first-order valence-corrected chi connectivity index (χ1v) is 9.11. The molecule has 27 heavy (non-hydrogen) atoms. The Kier molecular flexibility index (Phi) is 6.29. The van der Waals surface area contributed by atoms with Crippen molar-refractivity contribution in [1.29, 1.82) is 0 Å². The van der Waals surface area contributed by atoms with E-state index in [1.54, 1.807) is 29.2 Å². The topological polar surface area (TPSA) is 58.6 Å². The Hall–Kier alpha value is -2.60. The number of carbonyl (C=O) groups excluding carboxylic acids is 2. The average Bonchev–Trinajstić information content (AvgIpc) is 2.68. The van der Waals surface area contributed by atoms with Crippen molar-refractivity contribution in [2.75, 3.05) is 19.7 Å². The Labute approximate surface area is 162 Å². The van der Waals surface area contributed by atoms with Crippen LogP contribution in [-0.4, -0.2) is 42.5 Å². The monoisotopic (exact) mass is 390 g/mol. The van der Waals surface area contributed by atoms with Gasteiger partial charge >= 0.3 is 0 Å². The largest absolute Gasteiger partial charge is 0.484 e. The summed E-state index contributed by atoms with van der Waals surface area (Å²) >= 11 is 5.81. The zero-order valence-corrected chi connectivity index (χ0v) is 15.4. The molecule has 1 saturated heterocycles. The van der Waals surface area contributed by atoms with E-state index in [0.29, 0.717) is 42.3 Å². The number of halogens is 2. The molecule has 142 valence electrons. The molecule has 0 aromatic heterocycles. The van der Waals surface area contributed by atoms with Gasteiger partial charge in [-0.2, -0.15) is 0 Å². The minimum absolute atomic E-state index is 0.0104. The van der Waals surface area contributed by atoms with E-state index in [2.05, 4.69) is 5.32 Å². The predicted molar refractivity (Wildman–Crippen MR) is 100 cm³/mol. The number of rotatable bonds is 5. The molecule has 1 aliphatic rings. The van der Waals surface area contributed by atoms with Crippen LogP contribution in [0.1, 0.15) is 23.2 Å². The molecular formula is C20H20ClFN2O3. The van der Waals surface area contributed by atoms with Crippen LogP contribution >= 0.6 is 11.6 Å². The van der Waals surface area contributed by atoms with Crippen molar-refractivity contribution in [3.63, 3.8) is 0 Å². The van der Waals surface area contributed by atoms with Gasteiger partial charge in [0.1, 0.15) is 11.6 Å². The van der Waals surface area contributed by atoms with Crippen molar-refractivity contribution in [2.24, 2.45) is 0 Å². The fourth-order valence-electron chi connectivity index (χ4n) is 2.91. The van der Waals surface area contributed by atoms with E-state index in [0.717, 1.165) is 0 Å². The highest BCUT2D eigenvalue weighted by Crippen LogP contribution is 2.16. The van der Waals surface area contributed by atoms with Gasteiger partial charge in [0.2, 0.25) is 0 Å². The molecule has 2 aromatic rings. The van der Waals surface area contributed by atoms with Gasteiger partial charge in [-0.3, -0.25) is 9.59 Å². The highest BCUT2D eigenvalue weighted by molar-refractivity contribution is 6.30. The van der Waals surface area contributed by atoms with Gasteiger partial charge in [0.15, 0.2) is 6.61 Å². The lowest BCUT2D eigenvalue weighted by molar-refractivity contribution is -0.134. The third-order valence-electron chi connectivity index (χ3n) is 4.47. The van der Waals surface area contributed by atoms with E-state index < -0.39 is 0 Å².